The van der Waals surface area contributed by atoms with E-state index in [2.05, 4.69) is 26.1 Å². The number of nitrogens with one attached hydrogen (secondary N) is 1. The third-order valence-electron chi connectivity index (χ3n) is 3.14. The summed E-state index contributed by atoms with van der Waals surface area (Å²) in [7, 11) is 1.88. The minimum absolute atomic E-state index is 0.109. The Labute approximate surface area is 108 Å². The highest BCUT2D eigenvalue weighted by Crippen LogP contribution is 2.31. The SMILES string of the molecule is CNC(C)c1ccc(SC(C)C(C)C)c(F)c1. The lowest BCUT2D eigenvalue weighted by Gasteiger charge is -2.16. The van der Waals surface area contributed by atoms with Crippen molar-refractivity contribution in [1.82, 2.24) is 5.32 Å². The molecule has 0 saturated heterocycles. The van der Waals surface area contributed by atoms with Crippen molar-refractivity contribution in [3.8, 4) is 0 Å². The van der Waals surface area contributed by atoms with E-state index in [1.165, 1.54) is 0 Å². The fraction of sp³-hybridized carbons (Fsp3) is 0.571. The van der Waals surface area contributed by atoms with Crippen LogP contribution in [0.3, 0.4) is 0 Å². The van der Waals surface area contributed by atoms with Crippen LogP contribution in [-0.4, -0.2) is 12.3 Å². The largest absolute Gasteiger partial charge is 0.313 e. The van der Waals surface area contributed by atoms with Crippen molar-refractivity contribution in [2.75, 3.05) is 7.05 Å². The summed E-state index contributed by atoms with van der Waals surface area (Å²) < 4.78 is 13.9. The number of benzene rings is 1. The lowest BCUT2D eigenvalue weighted by atomic mass is 10.1. The number of hydrogen-bond donors (Lipinski definition) is 1. The summed E-state index contributed by atoms with van der Waals surface area (Å²) in [5.74, 6) is 0.442. The van der Waals surface area contributed by atoms with Crippen LogP contribution in [0, 0.1) is 11.7 Å². The molecule has 0 saturated carbocycles. The molecule has 17 heavy (non-hydrogen) atoms. The third-order valence-corrected chi connectivity index (χ3v) is 4.64. The second kappa shape index (κ2) is 6.41. The Morgan fingerprint density at radius 2 is 1.82 bits per heavy atom. The third kappa shape index (κ3) is 4.00. The van der Waals surface area contributed by atoms with Crippen molar-refractivity contribution in [2.45, 2.75) is 43.9 Å². The van der Waals surface area contributed by atoms with Gasteiger partial charge in [-0.05, 0) is 37.6 Å². The fourth-order valence-electron chi connectivity index (χ4n) is 1.39. The zero-order chi connectivity index (χ0) is 13.0. The first-order valence-corrected chi connectivity index (χ1v) is 6.97. The summed E-state index contributed by atoms with van der Waals surface area (Å²) in [6.07, 6.45) is 0. The summed E-state index contributed by atoms with van der Waals surface area (Å²) >= 11 is 1.61. The molecule has 1 N–H and O–H groups in total. The van der Waals surface area contributed by atoms with Crippen LogP contribution in [-0.2, 0) is 0 Å². The molecule has 0 radical (unpaired) electrons. The van der Waals surface area contributed by atoms with Crippen LogP contribution in [0.25, 0.3) is 0 Å². The lowest BCUT2D eigenvalue weighted by Crippen LogP contribution is -2.12. The molecule has 0 amide bonds. The van der Waals surface area contributed by atoms with Crippen LogP contribution in [0.15, 0.2) is 23.1 Å². The van der Waals surface area contributed by atoms with Gasteiger partial charge in [0.05, 0.1) is 0 Å². The van der Waals surface area contributed by atoms with E-state index in [1.54, 1.807) is 17.8 Å². The maximum absolute atomic E-state index is 13.9. The molecule has 0 aliphatic rings. The quantitative estimate of drug-likeness (QED) is 0.790. The van der Waals surface area contributed by atoms with Crippen LogP contribution in [0.1, 0.15) is 39.3 Å². The Morgan fingerprint density at radius 1 is 1.18 bits per heavy atom. The highest BCUT2D eigenvalue weighted by molar-refractivity contribution is 8.00. The number of rotatable bonds is 5. The van der Waals surface area contributed by atoms with Gasteiger partial charge in [0.2, 0.25) is 0 Å². The standard InChI is InChI=1S/C14H22FNS/c1-9(2)11(4)17-14-7-6-12(8-13(14)15)10(3)16-5/h6-11,16H,1-5H3. The predicted octanol–water partition coefficient (Wildman–Crippen LogP) is 4.24. The minimum atomic E-state index is -0.109. The van der Waals surface area contributed by atoms with Crippen LogP contribution >= 0.6 is 11.8 Å². The minimum Gasteiger partial charge on any atom is -0.313 e. The molecule has 1 aromatic rings. The van der Waals surface area contributed by atoms with Crippen LogP contribution in [0.4, 0.5) is 4.39 Å². The van der Waals surface area contributed by atoms with Gasteiger partial charge in [-0.15, -0.1) is 11.8 Å². The van der Waals surface area contributed by atoms with Gasteiger partial charge in [-0.1, -0.05) is 26.8 Å². The molecule has 3 heteroatoms. The van der Waals surface area contributed by atoms with Gasteiger partial charge >= 0.3 is 0 Å². The molecule has 96 valence electrons. The van der Waals surface area contributed by atoms with Crippen molar-refractivity contribution < 1.29 is 4.39 Å². The monoisotopic (exact) mass is 255 g/mol. The van der Waals surface area contributed by atoms with Gasteiger partial charge in [-0.3, -0.25) is 0 Å². The molecule has 2 atom stereocenters. The van der Waals surface area contributed by atoms with Gasteiger partial charge in [0.15, 0.2) is 0 Å². The van der Waals surface area contributed by atoms with Crippen molar-refractivity contribution >= 4 is 11.8 Å². The topological polar surface area (TPSA) is 12.0 Å². The highest BCUT2D eigenvalue weighted by atomic mass is 32.2. The number of thioether (sulfide) groups is 1. The van der Waals surface area contributed by atoms with Gasteiger partial charge in [-0.25, -0.2) is 4.39 Å². The molecule has 0 fully saturated rings. The van der Waals surface area contributed by atoms with Gasteiger partial charge in [-0.2, -0.15) is 0 Å². The fourth-order valence-corrected chi connectivity index (χ4v) is 2.38. The van der Waals surface area contributed by atoms with Crippen molar-refractivity contribution in [2.24, 2.45) is 5.92 Å². The second-order valence-electron chi connectivity index (χ2n) is 4.77. The van der Waals surface area contributed by atoms with Gasteiger partial charge in [0.1, 0.15) is 5.82 Å². The lowest BCUT2D eigenvalue weighted by molar-refractivity contribution is 0.584. The average Bonchev–Trinajstić information content (AvgIpc) is 2.30. The summed E-state index contributed by atoms with van der Waals surface area (Å²) in [6, 6.07) is 5.71. The van der Waals surface area contributed by atoms with E-state index < -0.39 is 0 Å². The maximum Gasteiger partial charge on any atom is 0.137 e. The molecular weight excluding hydrogens is 233 g/mol. The average molecular weight is 255 g/mol. The summed E-state index contributed by atoms with van der Waals surface area (Å²) in [4.78, 5) is 0.748. The van der Waals surface area contributed by atoms with Gasteiger partial charge in [0, 0.05) is 16.2 Å². The molecular formula is C14H22FNS. The van der Waals surface area contributed by atoms with Crippen LogP contribution in [0.5, 0.6) is 0 Å². The molecule has 1 aromatic carbocycles. The molecule has 0 heterocycles. The normalized spacial score (nSPS) is 15.0. The van der Waals surface area contributed by atoms with Crippen LogP contribution in [0.2, 0.25) is 0 Å². The Balaban J connectivity index is 2.83. The number of hydrogen-bond acceptors (Lipinski definition) is 2. The second-order valence-corrected chi connectivity index (χ2v) is 6.19. The Bertz CT molecular complexity index is 365. The van der Waals surface area contributed by atoms with Crippen molar-refractivity contribution in [1.29, 1.82) is 0 Å². The van der Waals surface area contributed by atoms with Crippen molar-refractivity contribution in [3.05, 3.63) is 29.6 Å². The molecule has 0 bridgehead atoms. The predicted molar refractivity (Wildman–Crippen MR) is 74.0 cm³/mol. The Kier molecular flexibility index (Phi) is 5.47. The van der Waals surface area contributed by atoms with Gasteiger partial charge in [0.25, 0.3) is 0 Å². The van der Waals surface area contributed by atoms with E-state index in [0.717, 1.165) is 10.5 Å². The van der Waals surface area contributed by atoms with E-state index in [9.17, 15) is 4.39 Å². The van der Waals surface area contributed by atoms with Crippen LogP contribution < -0.4 is 5.32 Å². The van der Waals surface area contributed by atoms with Gasteiger partial charge < -0.3 is 5.32 Å². The smallest absolute Gasteiger partial charge is 0.137 e. The first kappa shape index (κ1) is 14.5. The summed E-state index contributed by atoms with van der Waals surface area (Å²) in [5, 5.41) is 3.54. The highest BCUT2D eigenvalue weighted by Gasteiger charge is 2.13. The zero-order valence-corrected chi connectivity index (χ0v) is 12.1. The maximum atomic E-state index is 13.9. The van der Waals surface area contributed by atoms with Crippen molar-refractivity contribution in [3.63, 3.8) is 0 Å². The number of halogens is 1. The van der Waals surface area contributed by atoms with E-state index in [0.29, 0.717) is 11.2 Å². The Hall–Kier alpha value is -0.540. The molecule has 0 aliphatic heterocycles. The van der Waals surface area contributed by atoms with E-state index in [4.69, 9.17) is 0 Å². The molecule has 1 rings (SSSR count). The van der Waals surface area contributed by atoms with E-state index in [1.807, 2.05) is 26.1 Å². The first-order valence-electron chi connectivity index (χ1n) is 6.09. The molecule has 1 nitrogen and oxygen atoms in total. The molecule has 0 spiro atoms. The summed E-state index contributed by atoms with van der Waals surface area (Å²) in [6.45, 7) is 8.48. The molecule has 0 aliphatic carbocycles. The zero-order valence-electron chi connectivity index (χ0n) is 11.3. The molecule has 2 unspecified atom stereocenters. The summed E-state index contributed by atoms with van der Waals surface area (Å²) in [5.41, 5.74) is 0.992. The Morgan fingerprint density at radius 3 is 2.29 bits per heavy atom. The van der Waals surface area contributed by atoms with E-state index >= 15 is 0 Å². The first-order chi connectivity index (χ1) is 7.95. The van der Waals surface area contributed by atoms with E-state index in [-0.39, 0.29) is 11.9 Å². The molecule has 0 aromatic heterocycles.